The normalized spacial score (nSPS) is 19.8. The van der Waals surface area contributed by atoms with Crippen LogP contribution in [0.3, 0.4) is 0 Å². The van der Waals surface area contributed by atoms with Crippen LogP contribution in [0, 0.1) is 6.92 Å². The van der Waals surface area contributed by atoms with E-state index in [0.717, 1.165) is 12.8 Å². The van der Waals surface area contributed by atoms with Gasteiger partial charge in [0.2, 0.25) is 10.0 Å². The van der Waals surface area contributed by atoms with Crippen molar-refractivity contribution < 1.29 is 17.9 Å². The number of hydrogen-bond donors (Lipinski definition) is 0. The highest BCUT2D eigenvalue weighted by atomic mass is 32.2. The third-order valence-electron chi connectivity index (χ3n) is 4.39. The predicted molar refractivity (Wildman–Crippen MR) is 89.8 cm³/mol. The molecule has 1 aliphatic heterocycles. The number of rotatable bonds is 5. The average molecular weight is 342 g/mol. The van der Waals surface area contributed by atoms with Crippen LogP contribution in [0.2, 0.25) is 0 Å². The van der Waals surface area contributed by atoms with E-state index in [4.69, 9.17) is 9.47 Å². The van der Waals surface area contributed by atoms with Crippen LogP contribution < -0.4 is 9.47 Å². The molecule has 0 spiro atoms. The van der Waals surface area contributed by atoms with Crippen LogP contribution >= 0.6 is 0 Å². The van der Waals surface area contributed by atoms with Gasteiger partial charge >= 0.3 is 0 Å². The predicted octanol–water partition coefficient (Wildman–Crippen LogP) is 1.73. The molecular formula is C16H26N2O4S. The highest BCUT2D eigenvalue weighted by Crippen LogP contribution is 2.34. The molecule has 0 saturated carbocycles. The fourth-order valence-corrected chi connectivity index (χ4v) is 4.68. The second-order valence-electron chi connectivity index (χ2n) is 6.10. The van der Waals surface area contributed by atoms with Crippen LogP contribution in [0.4, 0.5) is 0 Å². The maximum Gasteiger partial charge on any atom is 0.243 e. The second-order valence-corrected chi connectivity index (χ2v) is 8.00. The highest BCUT2D eigenvalue weighted by Gasteiger charge is 2.32. The number of hydrogen-bond acceptors (Lipinski definition) is 5. The smallest absolute Gasteiger partial charge is 0.243 e. The fraction of sp³-hybridized carbons (Fsp3) is 0.625. The van der Waals surface area contributed by atoms with Crippen LogP contribution in [0.1, 0.15) is 18.4 Å². The number of aryl methyl sites for hydroxylation is 1. The first kappa shape index (κ1) is 18.0. The molecule has 0 N–H and O–H groups in total. The van der Waals surface area contributed by atoms with Crippen molar-refractivity contribution in [1.29, 1.82) is 0 Å². The van der Waals surface area contributed by atoms with Crippen molar-refractivity contribution in [2.75, 3.05) is 41.4 Å². The lowest BCUT2D eigenvalue weighted by Crippen LogP contribution is -2.47. The summed E-state index contributed by atoms with van der Waals surface area (Å²) in [6, 6.07) is 3.51. The minimum absolute atomic E-state index is 0.249. The summed E-state index contributed by atoms with van der Waals surface area (Å²) in [5, 5.41) is 0. The number of nitrogens with zero attached hydrogens (tertiary/aromatic N) is 2. The minimum atomic E-state index is -3.55. The van der Waals surface area contributed by atoms with E-state index in [9.17, 15) is 8.42 Å². The van der Waals surface area contributed by atoms with Crippen molar-refractivity contribution >= 4 is 10.0 Å². The Morgan fingerprint density at radius 3 is 2.35 bits per heavy atom. The molecule has 0 unspecified atom stereocenters. The van der Waals surface area contributed by atoms with Crippen molar-refractivity contribution in [3.05, 3.63) is 17.7 Å². The maximum absolute atomic E-state index is 13.1. The van der Waals surface area contributed by atoms with E-state index in [-0.39, 0.29) is 10.9 Å². The van der Waals surface area contributed by atoms with E-state index in [2.05, 4.69) is 4.90 Å². The molecule has 1 heterocycles. The Kier molecular flexibility index (Phi) is 5.54. The summed E-state index contributed by atoms with van der Waals surface area (Å²) in [5.41, 5.74) is 0.662. The molecule has 23 heavy (non-hydrogen) atoms. The highest BCUT2D eigenvalue weighted by molar-refractivity contribution is 7.89. The van der Waals surface area contributed by atoms with Crippen molar-refractivity contribution in [1.82, 2.24) is 9.21 Å². The Balaban J connectivity index is 2.39. The molecule has 130 valence electrons. The summed E-state index contributed by atoms with van der Waals surface area (Å²) in [6.07, 6.45) is 1.89. The van der Waals surface area contributed by atoms with Crippen molar-refractivity contribution in [3.63, 3.8) is 0 Å². The molecule has 1 atom stereocenters. The number of methoxy groups -OCH3 is 2. The van der Waals surface area contributed by atoms with E-state index in [1.807, 2.05) is 14.1 Å². The summed E-state index contributed by atoms with van der Waals surface area (Å²) >= 11 is 0. The molecule has 1 aromatic carbocycles. The lowest BCUT2D eigenvalue weighted by Gasteiger charge is -2.35. The van der Waals surface area contributed by atoms with E-state index in [0.29, 0.717) is 30.2 Å². The van der Waals surface area contributed by atoms with Gasteiger partial charge in [0.05, 0.1) is 19.1 Å². The van der Waals surface area contributed by atoms with Crippen LogP contribution in [-0.2, 0) is 10.0 Å². The van der Waals surface area contributed by atoms with E-state index >= 15 is 0 Å². The van der Waals surface area contributed by atoms with E-state index in [1.54, 1.807) is 23.4 Å². The van der Waals surface area contributed by atoms with Gasteiger partial charge < -0.3 is 14.4 Å². The van der Waals surface area contributed by atoms with E-state index < -0.39 is 10.0 Å². The van der Waals surface area contributed by atoms with Gasteiger partial charge in [-0.3, -0.25) is 0 Å². The van der Waals surface area contributed by atoms with Gasteiger partial charge in [-0.15, -0.1) is 0 Å². The zero-order chi connectivity index (χ0) is 17.2. The molecule has 1 fully saturated rings. The van der Waals surface area contributed by atoms with Gasteiger partial charge in [0.25, 0.3) is 0 Å². The number of ether oxygens (including phenoxy) is 2. The summed E-state index contributed by atoms with van der Waals surface area (Å²) in [5.74, 6) is 0.964. The van der Waals surface area contributed by atoms with Crippen LogP contribution in [0.15, 0.2) is 17.0 Å². The van der Waals surface area contributed by atoms with Gasteiger partial charge in [-0.05, 0) is 45.5 Å². The quantitative estimate of drug-likeness (QED) is 0.815. The Morgan fingerprint density at radius 2 is 1.78 bits per heavy atom. The maximum atomic E-state index is 13.1. The van der Waals surface area contributed by atoms with Gasteiger partial charge in [0, 0.05) is 25.2 Å². The van der Waals surface area contributed by atoms with Crippen LogP contribution in [-0.4, -0.2) is 65.1 Å². The molecule has 0 aromatic heterocycles. The van der Waals surface area contributed by atoms with Crippen molar-refractivity contribution in [2.45, 2.75) is 30.7 Å². The zero-order valence-electron chi connectivity index (χ0n) is 14.5. The van der Waals surface area contributed by atoms with Crippen molar-refractivity contribution in [2.24, 2.45) is 0 Å². The Bertz CT molecular complexity index is 658. The Labute approximate surface area is 139 Å². The second kappa shape index (κ2) is 7.07. The first-order valence-electron chi connectivity index (χ1n) is 7.70. The first-order valence-corrected chi connectivity index (χ1v) is 9.14. The van der Waals surface area contributed by atoms with Gasteiger partial charge in [-0.1, -0.05) is 0 Å². The summed E-state index contributed by atoms with van der Waals surface area (Å²) in [4.78, 5) is 2.37. The average Bonchev–Trinajstić information content (AvgIpc) is 2.54. The molecule has 2 rings (SSSR count). The van der Waals surface area contributed by atoms with Crippen LogP contribution in [0.25, 0.3) is 0 Å². The standard InChI is InChI=1S/C16H26N2O4S/c1-12-9-14(21-4)15(22-5)10-16(12)23(19,20)18-8-6-7-13(11-18)17(2)3/h9-10,13H,6-8,11H2,1-5H3/t13-/m0/s1. The monoisotopic (exact) mass is 342 g/mol. The topological polar surface area (TPSA) is 59.1 Å². The zero-order valence-corrected chi connectivity index (χ0v) is 15.3. The largest absolute Gasteiger partial charge is 0.493 e. The number of piperidine rings is 1. The van der Waals surface area contributed by atoms with Gasteiger partial charge in [-0.2, -0.15) is 4.31 Å². The Morgan fingerprint density at radius 1 is 1.17 bits per heavy atom. The summed E-state index contributed by atoms with van der Waals surface area (Å²) in [7, 11) is 3.48. The summed E-state index contributed by atoms with van der Waals surface area (Å²) < 4.78 is 38.2. The Hall–Kier alpha value is -1.31. The molecule has 7 heteroatoms. The molecular weight excluding hydrogens is 316 g/mol. The molecule has 1 aromatic rings. The lowest BCUT2D eigenvalue weighted by molar-refractivity contribution is 0.190. The number of benzene rings is 1. The lowest BCUT2D eigenvalue weighted by atomic mass is 10.1. The third-order valence-corrected chi connectivity index (χ3v) is 6.40. The van der Waals surface area contributed by atoms with Gasteiger partial charge in [0.1, 0.15) is 0 Å². The molecule has 0 bridgehead atoms. The van der Waals surface area contributed by atoms with E-state index in [1.165, 1.54) is 14.2 Å². The van der Waals surface area contributed by atoms with Crippen LogP contribution in [0.5, 0.6) is 11.5 Å². The van der Waals surface area contributed by atoms with Gasteiger partial charge in [0.15, 0.2) is 11.5 Å². The molecule has 1 aliphatic rings. The van der Waals surface area contributed by atoms with Gasteiger partial charge in [-0.25, -0.2) is 8.42 Å². The first-order chi connectivity index (χ1) is 10.8. The molecule has 0 aliphatic carbocycles. The number of sulfonamides is 1. The molecule has 6 nitrogen and oxygen atoms in total. The summed E-state index contributed by atoms with van der Waals surface area (Å²) in [6.45, 7) is 2.85. The molecule has 1 saturated heterocycles. The third kappa shape index (κ3) is 3.62. The number of likely N-dealkylation sites (N-methyl/N-ethyl adjacent to an activating group) is 1. The molecule has 0 amide bonds. The fourth-order valence-electron chi connectivity index (χ4n) is 2.94. The minimum Gasteiger partial charge on any atom is -0.493 e. The molecule has 0 radical (unpaired) electrons. The van der Waals surface area contributed by atoms with Crippen molar-refractivity contribution in [3.8, 4) is 11.5 Å². The SMILES string of the molecule is COc1cc(C)c(S(=O)(=O)N2CCC[C@H](N(C)C)C2)cc1OC.